The zero-order valence-electron chi connectivity index (χ0n) is 14.6. The molecule has 1 aliphatic rings. The van der Waals surface area contributed by atoms with Crippen LogP contribution in [0, 0.1) is 11.8 Å². The highest BCUT2D eigenvalue weighted by atomic mass is 16.6. The molecule has 2 atom stereocenters. The average molecular weight is 298 g/mol. The van der Waals surface area contributed by atoms with E-state index in [-0.39, 0.29) is 6.09 Å². The highest BCUT2D eigenvalue weighted by Crippen LogP contribution is 2.27. The molecule has 0 spiro atoms. The van der Waals surface area contributed by atoms with Crippen molar-refractivity contribution in [2.45, 2.75) is 65.9 Å². The number of nitrogens with one attached hydrogen (secondary N) is 1. The van der Waals surface area contributed by atoms with Gasteiger partial charge in [-0.25, -0.2) is 4.79 Å². The van der Waals surface area contributed by atoms with Gasteiger partial charge in [0.1, 0.15) is 5.60 Å². The van der Waals surface area contributed by atoms with E-state index in [0.717, 1.165) is 24.9 Å². The molecule has 0 bridgehead atoms. The average Bonchev–Trinajstić information content (AvgIpc) is 2.36. The highest BCUT2D eigenvalue weighted by molar-refractivity contribution is 5.68. The smallest absolute Gasteiger partial charge is 0.410 e. The van der Waals surface area contributed by atoms with Gasteiger partial charge in [0.15, 0.2) is 0 Å². The maximum absolute atomic E-state index is 12.0. The van der Waals surface area contributed by atoms with Gasteiger partial charge in [0, 0.05) is 19.6 Å². The molecule has 4 heteroatoms. The first-order valence-corrected chi connectivity index (χ1v) is 8.50. The summed E-state index contributed by atoms with van der Waals surface area (Å²) in [6.07, 6.45) is 5.24. The van der Waals surface area contributed by atoms with Crippen LogP contribution in [0.1, 0.15) is 60.3 Å². The second kappa shape index (κ2) is 8.62. The molecule has 1 aliphatic carbocycles. The third kappa shape index (κ3) is 7.70. The number of carbonyl (C=O) groups is 1. The maximum atomic E-state index is 12.0. The summed E-state index contributed by atoms with van der Waals surface area (Å²) in [5.41, 5.74) is -0.420. The van der Waals surface area contributed by atoms with Gasteiger partial charge in [-0.15, -0.1) is 0 Å². The number of nitrogens with zero attached hydrogens (tertiary/aromatic N) is 1. The normalized spacial score (nSPS) is 22.9. The summed E-state index contributed by atoms with van der Waals surface area (Å²) in [4.78, 5) is 13.8. The lowest BCUT2D eigenvalue weighted by Gasteiger charge is -2.28. The molecule has 0 aromatic heterocycles. The van der Waals surface area contributed by atoms with Crippen LogP contribution in [0.25, 0.3) is 0 Å². The van der Waals surface area contributed by atoms with Crippen molar-refractivity contribution in [2.24, 2.45) is 11.8 Å². The van der Waals surface area contributed by atoms with Crippen LogP contribution in [0.2, 0.25) is 0 Å². The number of ether oxygens (including phenoxy) is 1. The molecule has 2 unspecified atom stereocenters. The molecule has 0 aliphatic heterocycles. The largest absolute Gasteiger partial charge is 0.444 e. The number of carbonyl (C=O) groups excluding carboxylic acids is 1. The van der Waals surface area contributed by atoms with E-state index in [2.05, 4.69) is 12.2 Å². The van der Waals surface area contributed by atoms with E-state index in [1.54, 1.807) is 4.90 Å². The van der Waals surface area contributed by atoms with E-state index in [1.165, 1.54) is 25.7 Å². The minimum Gasteiger partial charge on any atom is -0.444 e. The van der Waals surface area contributed by atoms with Gasteiger partial charge in [-0.05, 0) is 58.9 Å². The standard InChI is InChI=1S/C17H34N2O2/c1-6-19(16(20)21-17(3,4)5)11-10-18-13-15-9-7-8-14(2)12-15/h14-15,18H,6-13H2,1-5H3. The molecule has 1 amide bonds. The molecule has 0 saturated heterocycles. The van der Waals surface area contributed by atoms with Crippen molar-refractivity contribution in [3.8, 4) is 0 Å². The molecule has 1 saturated carbocycles. The highest BCUT2D eigenvalue weighted by Gasteiger charge is 2.21. The van der Waals surface area contributed by atoms with Crippen molar-refractivity contribution in [1.82, 2.24) is 10.2 Å². The molecule has 1 fully saturated rings. The molecule has 124 valence electrons. The number of likely N-dealkylation sites (N-methyl/N-ethyl adjacent to an activating group) is 1. The minimum absolute atomic E-state index is 0.210. The van der Waals surface area contributed by atoms with Gasteiger partial charge in [0.05, 0.1) is 0 Å². The first-order valence-electron chi connectivity index (χ1n) is 8.50. The van der Waals surface area contributed by atoms with Crippen LogP contribution >= 0.6 is 0 Å². The zero-order chi connectivity index (χ0) is 15.9. The van der Waals surface area contributed by atoms with E-state index in [0.29, 0.717) is 13.1 Å². The maximum Gasteiger partial charge on any atom is 0.410 e. The summed E-state index contributed by atoms with van der Waals surface area (Å²) in [5.74, 6) is 1.69. The third-order valence-electron chi connectivity index (χ3n) is 4.07. The number of rotatable bonds is 6. The molecule has 0 aromatic rings. The van der Waals surface area contributed by atoms with Crippen molar-refractivity contribution >= 4 is 6.09 Å². The summed E-state index contributed by atoms with van der Waals surface area (Å²) in [7, 11) is 0. The summed E-state index contributed by atoms with van der Waals surface area (Å²) < 4.78 is 5.41. The van der Waals surface area contributed by atoms with Crippen molar-refractivity contribution in [1.29, 1.82) is 0 Å². The second-order valence-electron chi connectivity index (χ2n) is 7.40. The fraction of sp³-hybridized carbons (Fsp3) is 0.941. The van der Waals surface area contributed by atoms with Crippen LogP contribution in [0.5, 0.6) is 0 Å². The lowest BCUT2D eigenvalue weighted by Crippen LogP contribution is -2.41. The summed E-state index contributed by atoms with van der Waals surface area (Å²) >= 11 is 0. The molecule has 21 heavy (non-hydrogen) atoms. The summed E-state index contributed by atoms with van der Waals surface area (Å²) in [6, 6.07) is 0. The Bertz CT molecular complexity index is 312. The van der Waals surface area contributed by atoms with E-state index < -0.39 is 5.60 Å². The monoisotopic (exact) mass is 298 g/mol. The van der Waals surface area contributed by atoms with Crippen molar-refractivity contribution in [2.75, 3.05) is 26.2 Å². The minimum atomic E-state index is -0.420. The lowest BCUT2D eigenvalue weighted by molar-refractivity contribution is 0.0261. The predicted octanol–water partition coefficient (Wildman–Crippen LogP) is 3.66. The Hall–Kier alpha value is -0.770. The Morgan fingerprint density at radius 2 is 2.05 bits per heavy atom. The Morgan fingerprint density at radius 3 is 2.62 bits per heavy atom. The fourth-order valence-electron chi connectivity index (χ4n) is 2.97. The SMILES string of the molecule is CCN(CCNCC1CCCC(C)C1)C(=O)OC(C)(C)C. The van der Waals surface area contributed by atoms with Crippen LogP contribution in [-0.4, -0.2) is 42.8 Å². The predicted molar refractivity (Wildman–Crippen MR) is 87.5 cm³/mol. The third-order valence-corrected chi connectivity index (χ3v) is 4.07. The van der Waals surface area contributed by atoms with Crippen LogP contribution in [0.4, 0.5) is 4.79 Å². The molecular formula is C17H34N2O2. The quantitative estimate of drug-likeness (QED) is 0.761. The van der Waals surface area contributed by atoms with E-state index in [1.807, 2.05) is 27.7 Å². The van der Waals surface area contributed by atoms with Gasteiger partial charge < -0.3 is 15.0 Å². The van der Waals surface area contributed by atoms with Crippen LogP contribution in [-0.2, 0) is 4.74 Å². The lowest BCUT2D eigenvalue weighted by atomic mass is 9.82. The van der Waals surface area contributed by atoms with Gasteiger partial charge in [-0.2, -0.15) is 0 Å². The number of amides is 1. The summed E-state index contributed by atoms with van der Waals surface area (Å²) in [6.45, 7) is 13.4. The number of hydrogen-bond acceptors (Lipinski definition) is 3. The van der Waals surface area contributed by atoms with Gasteiger partial charge in [0.2, 0.25) is 0 Å². The number of hydrogen-bond donors (Lipinski definition) is 1. The first kappa shape index (κ1) is 18.3. The molecule has 0 aromatic carbocycles. The van der Waals surface area contributed by atoms with Crippen molar-refractivity contribution in [3.05, 3.63) is 0 Å². The van der Waals surface area contributed by atoms with Crippen molar-refractivity contribution < 1.29 is 9.53 Å². The zero-order valence-corrected chi connectivity index (χ0v) is 14.6. The molecule has 0 heterocycles. The van der Waals surface area contributed by atoms with Gasteiger partial charge in [-0.1, -0.05) is 19.8 Å². The Balaban J connectivity index is 2.21. The molecule has 0 radical (unpaired) electrons. The fourth-order valence-corrected chi connectivity index (χ4v) is 2.97. The molecular weight excluding hydrogens is 264 g/mol. The Labute approximate surface area is 130 Å². The first-order chi connectivity index (χ1) is 9.81. The molecule has 1 rings (SSSR count). The molecule has 4 nitrogen and oxygen atoms in total. The van der Waals surface area contributed by atoms with E-state index in [9.17, 15) is 4.79 Å². The van der Waals surface area contributed by atoms with E-state index >= 15 is 0 Å². The van der Waals surface area contributed by atoms with Gasteiger partial charge in [-0.3, -0.25) is 0 Å². The van der Waals surface area contributed by atoms with Gasteiger partial charge >= 0.3 is 6.09 Å². The van der Waals surface area contributed by atoms with E-state index in [4.69, 9.17) is 4.74 Å². The summed E-state index contributed by atoms with van der Waals surface area (Å²) in [5, 5.41) is 3.51. The van der Waals surface area contributed by atoms with Crippen LogP contribution in [0.3, 0.4) is 0 Å². The Kier molecular flexibility index (Phi) is 7.50. The topological polar surface area (TPSA) is 41.6 Å². The van der Waals surface area contributed by atoms with Crippen molar-refractivity contribution in [3.63, 3.8) is 0 Å². The molecule has 1 N–H and O–H groups in total. The van der Waals surface area contributed by atoms with Crippen LogP contribution < -0.4 is 5.32 Å². The van der Waals surface area contributed by atoms with Crippen LogP contribution in [0.15, 0.2) is 0 Å². The van der Waals surface area contributed by atoms with Gasteiger partial charge in [0.25, 0.3) is 0 Å². The second-order valence-corrected chi connectivity index (χ2v) is 7.40. The Morgan fingerprint density at radius 1 is 1.33 bits per heavy atom.